The van der Waals surface area contributed by atoms with Gasteiger partial charge in [0.25, 0.3) is 11.8 Å². The number of carbonyl (C=O) groups excluding carboxylic acids is 2. The van der Waals surface area contributed by atoms with Crippen LogP contribution in [0.15, 0.2) is 83.4 Å². The SMILES string of the molecule is CC1Oc2ccc(NC(=O)c3ccccc3-c3ncc(-c4ccccc4)o3)cc2NC1=O. The molecular formula is C25H19N3O4. The van der Waals surface area contributed by atoms with Crippen molar-refractivity contribution in [1.29, 1.82) is 0 Å². The van der Waals surface area contributed by atoms with Crippen molar-refractivity contribution in [3.05, 3.63) is 84.6 Å². The molecule has 3 aromatic carbocycles. The van der Waals surface area contributed by atoms with Gasteiger partial charge in [-0.3, -0.25) is 9.59 Å². The number of oxazole rings is 1. The lowest BCUT2D eigenvalue weighted by atomic mass is 10.1. The molecule has 32 heavy (non-hydrogen) atoms. The van der Waals surface area contributed by atoms with Gasteiger partial charge in [-0.15, -0.1) is 0 Å². The number of hydrogen-bond acceptors (Lipinski definition) is 5. The zero-order chi connectivity index (χ0) is 22.1. The summed E-state index contributed by atoms with van der Waals surface area (Å²) in [4.78, 5) is 29.3. The summed E-state index contributed by atoms with van der Waals surface area (Å²) in [5.41, 5.74) is 2.94. The molecule has 2 amide bonds. The van der Waals surface area contributed by atoms with Gasteiger partial charge in [-0.05, 0) is 37.3 Å². The number of hydrogen-bond donors (Lipinski definition) is 2. The average Bonchev–Trinajstić information content (AvgIpc) is 3.31. The molecule has 1 atom stereocenters. The van der Waals surface area contributed by atoms with E-state index in [4.69, 9.17) is 9.15 Å². The molecule has 1 aliphatic rings. The first kappa shape index (κ1) is 19.6. The summed E-state index contributed by atoms with van der Waals surface area (Å²) in [6.45, 7) is 1.68. The van der Waals surface area contributed by atoms with Crippen molar-refractivity contribution >= 4 is 23.2 Å². The van der Waals surface area contributed by atoms with E-state index in [1.165, 1.54) is 0 Å². The Bertz CT molecular complexity index is 1310. The number of amides is 2. The number of aromatic nitrogens is 1. The lowest BCUT2D eigenvalue weighted by Crippen LogP contribution is -2.34. The van der Waals surface area contributed by atoms with Gasteiger partial charge in [-0.1, -0.05) is 42.5 Å². The quantitative estimate of drug-likeness (QED) is 0.481. The van der Waals surface area contributed by atoms with Crippen LogP contribution in [0.1, 0.15) is 17.3 Å². The molecule has 0 fully saturated rings. The fourth-order valence-electron chi connectivity index (χ4n) is 3.49. The lowest BCUT2D eigenvalue weighted by Gasteiger charge is -2.23. The maximum Gasteiger partial charge on any atom is 0.265 e. The number of fused-ring (bicyclic) bond motifs is 1. The second-order valence-corrected chi connectivity index (χ2v) is 7.36. The van der Waals surface area contributed by atoms with Gasteiger partial charge in [0.1, 0.15) is 5.75 Å². The molecule has 0 spiro atoms. The van der Waals surface area contributed by atoms with Gasteiger partial charge in [0.05, 0.1) is 17.4 Å². The predicted octanol–water partition coefficient (Wildman–Crippen LogP) is 4.98. The Morgan fingerprint density at radius 3 is 2.66 bits per heavy atom. The van der Waals surface area contributed by atoms with E-state index in [0.29, 0.717) is 39.9 Å². The Hall–Kier alpha value is -4.39. The van der Waals surface area contributed by atoms with Crippen molar-refractivity contribution in [3.8, 4) is 28.5 Å². The van der Waals surface area contributed by atoms with Crippen molar-refractivity contribution in [1.82, 2.24) is 4.98 Å². The first-order valence-corrected chi connectivity index (χ1v) is 10.1. The zero-order valence-corrected chi connectivity index (χ0v) is 17.2. The molecule has 0 bridgehead atoms. The molecule has 7 nitrogen and oxygen atoms in total. The standard InChI is InChI=1S/C25H19N3O4/c1-15-23(29)28-20-13-17(11-12-21(20)31-15)27-24(30)18-9-5-6-10-19(18)25-26-14-22(32-25)16-7-3-2-4-8-16/h2-15H,1H3,(H,27,30)(H,28,29). The number of nitrogens with zero attached hydrogens (tertiary/aromatic N) is 1. The summed E-state index contributed by atoms with van der Waals surface area (Å²) in [5, 5.41) is 5.65. The summed E-state index contributed by atoms with van der Waals surface area (Å²) in [6.07, 6.45) is 1.09. The first-order chi connectivity index (χ1) is 15.6. The van der Waals surface area contributed by atoms with E-state index in [-0.39, 0.29) is 11.8 Å². The highest BCUT2D eigenvalue weighted by molar-refractivity contribution is 6.08. The second kappa shape index (κ2) is 8.03. The van der Waals surface area contributed by atoms with Gasteiger partial charge in [0.2, 0.25) is 5.89 Å². The second-order valence-electron chi connectivity index (χ2n) is 7.36. The fraction of sp³-hybridized carbons (Fsp3) is 0.0800. The van der Waals surface area contributed by atoms with Crippen LogP contribution in [0, 0.1) is 0 Å². The van der Waals surface area contributed by atoms with Crippen molar-refractivity contribution in [2.75, 3.05) is 10.6 Å². The molecule has 158 valence electrons. The van der Waals surface area contributed by atoms with Gasteiger partial charge < -0.3 is 19.8 Å². The summed E-state index contributed by atoms with van der Waals surface area (Å²) >= 11 is 0. The maximum absolute atomic E-state index is 13.1. The highest BCUT2D eigenvalue weighted by atomic mass is 16.5. The highest BCUT2D eigenvalue weighted by Gasteiger charge is 2.24. The van der Waals surface area contributed by atoms with Crippen molar-refractivity contribution < 1.29 is 18.7 Å². The van der Waals surface area contributed by atoms with E-state index in [1.807, 2.05) is 36.4 Å². The minimum atomic E-state index is -0.559. The smallest absolute Gasteiger partial charge is 0.265 e. The molecule has 2 N–H and O–H groups in total. The number of anilines is 2. The van der Waals surface area contributed by atoms with Crippen LogP contribution in [0.25, 0.3) is 22.8 Å². The van der Waals surface area contributed by atoms with Crippen LogP contribution < -0.4 is 15.4 Å². The van der Waals surface area contributed by atoms with Crippen molar-refractivity contribution in [2.45, 2.75) is 13.0 Å². The maximum atomic E-state index is 13.1. The molecule has 2 heterocycles. The molecule has 5 rings (SSSR count). The van der Waals surface area contributed by atoms with Crippen LogP contribution in [0.2, 0.25) is 0 Å². The molecule has 0 radical (unpaired) electrons. The Labute approximate surface area is 184 Å². The number of rotatable bonds is 4. The van der Waals surface area contributed by atoms with Crippen molar-refractivity contribution in [3.63, 3.8) is 0 Å². The molecule has 0 aliphatic carbocycles. The molecular weight excluding hydrogens is 406 g/mol. The minimum Gasteiger partial charge on any atom is -0.479 e. The minimum absolute atomic E-state index is 0.232. The third-order valence-electron chi connectivity index (χ3n) is 5.13. The molecule has 4 aromatic rings. The molecule has 1 aromatic heterocycles. The summed E-state index contributed by atoms with van der Waals surface area (Å²) < 4.78 is 11.5. The third-order valence-corrected chi connectivity index (χ3v) is 5.13. The normalized spacial score (nSPS) is 14.8. The molecule has 0 saturated heterocycles. The van der Waals surface area contributed by atoms with Gasteiger partial charge in [0, 0.05) is 16.8 Å². The number of benzene rings is 3. The van der Waals surface area contributed by atoms with Gasteiger partial charge in [-0.25, -0.2) is 4.98 Å². The van der Waals surface area contributed by atoms with Crippen LogP contribution in [0.3, 0.4) is 0 Å². The Balaban J connectivity index is 1.41. The van der Waals surface area contributed by atoms with Crippen LogP contribution in [-0.2, 0) is 4.79 Å². The van der Waals surface area contributed by atoms with Gasteiger partial charge in [-0.2, -0.15) is 0 Å². The van der Waals surface area contributed by atoms with Gasteiger partial charge in [0.15, 0.2) is 11.9 Å². The predicted molar refractivity (Wildman–Crippen MR) is 120 cm³/mol. The molecule has 1 aliphatic heterocycles. The fourth-order valence-corrected chi connectivity index (χ4v) is 3.49. The highest BCUT2D eigenvalue weighted by Crippen LogP contribution is 2.33. The number of carbonyl (C=O) groups is 2. The first-order valence-electron chi connectivity index (χ1n) is 10.1. The topological polar surface area (TPSA) is 93.5 Å². The molecule has 0 saturated carbocycles. The zero-order valence-electron chi connectivity index (χ0n) is 17.2. The van der Waals surface area contributed by atoms with Crippen LogP contribution in [-0.4, -0.2) is 22.9 Å². The molecule has 7 heteroatoms. The third kappa shape index (κ3) is 3.72. The summed E-state index contributed by atoms with van der Waals surface area (Å²) in [7, 11) is 0. The molecule has 1 unspecified atom stereocenters. The van der Waals surface area contributed by atoms with E-state index in [0.717, 1.165) is 5.56 Å². The van der Waals surface area contributed by atoms with E-state index in [2.05, 4.69) is 15.6 Å². The average molecular weight is 425 g/mol. The van der Waals surface area contributed by atoms with Crippen LogP contribution in [0.5, 0.6) is 5.75 Å². The largest absolute Gasteiger partial charge is 0.479 e. The monoisotopic (exact) mass is 425 g/mol. The van der Waals surface area contributed by atoms with E-state index < -0.39 is 6.10 Å². The van der Waals surface area contributed by atoms with E-state index in [9.17, 15) is 9.59 Å². The lowest BCUT2D eigenvalue weighted by molar-refractivity contribution is -0.122. The van der Waals surface area contributed by atoms with Crippen LogP contribution in [0.4, 0.5) is 11.4 Å². The van der Waals surface area contributed by atoms with Crippen molar-refractivity contribution in [2.24, 2.45) is 0 Å². The van der Waals surface area contributed by atoms with E-state index in [1.54, 1.807) is 49.5 Å². The number of nitrogens with one attached hydrogen (secondary N) is 2. The Morgan fingerprint density at radius 2 is 1.81 bits per heavy atom. The number of ether oxygens (including phenoxy) is 1. The summed E-state index contributed by atoms with van der Waals surface area (Å²) in [5.74, 6) is 0.981. The Kier molecular flexibility index (Phi) is 4.91. The van der Waals surface area contributed by atoms with Gasteiger partial charge >= 0.3 is 0 Å². The summed E-state index contributed by atoms with van der Waals surface area (Å²) in [6, 6.07) is 21.8. The Morgan fingerprint density at radius 1 is 1.03 bits per heavy atom. The van der Waals surface area contributed by atoms with E-state index >= 15 is 0 Å². The van der Waals surface area contributed by atoms with Crippen LogP contribution >= 0.6 is 0 Å².